The van der Waals surface area contributed by atoms with Crippen LogP contribution in [-0.2, 0) is 6.42 Å². The number of likely N-dealkylation sites (tertiary alicyclic amines) is 1. The molecule has 21 heavy (non-hydrogen) atoms. The van der Waals surface area contributed by atoms with Gasteiger partial charge in [-0.15, -0.1) is 0 Å². The van der Waals surface area contributed by atoms with Gasteiger partial charge in [0.05, 0.1) is 5.02 Å². The van der Waals surface area contributed by atoms with Crippen molar-refractivity contribution in [3.05, 3.63) is 29.0 Å². The van der Waals surface area contributed by atoms with E-state index in [1.165, 1.54) is 19.3 Å². The molecule has 5 heteroatoms. The minimum Gasteiger partial charge on any atom is -0.296 e. The molecule has 2 heterocycles. The molecule has 0 bridgehead atoms. The van der Waals surface area contributed by atoms with E-state index in [-0.39, 0.29) is 11.6 Å². The number of nitrogens with two attached hydrogens (primary N) is 1. The van der Waals surface area contributed by atoms with Crippen molar-refractivity contribution in [3.63, 3.8) is 0 Å². The first kappa shape index (κ1) is 16.7. The fourth-order valence-corrected chi connectivity index (χ4v) is 3.54. The number of hydrazine groups is 1. The fourth-order valence-electron chi connectivity index (χ4n) is 3.34. The molecule has 0 aliphatic carbocycles. The molecular formula is C16H27ClN4. The maximum absolute atomic E-state index is 6.26. The third kappa shape index (κ3) is 3.75. The highest BCUT2D eigenvalue weighted by Crippen LogP contribution is 2.30. The molecule has 2 rings (SSSR count). The van der Waals surface area contributed by atoms with Crippen LogP contribution in [0.15, 0.2) is 18.5 Å². The summed E-state index contributed by atoms with van der Waals surface area (Å²) in [5, 5.41) is 0.717. The third-order valence-corrected chi connectivity index (χ3v) is 5.37. The number of nitrogens with zero attached hydrogens (tertiary/aromatic N) is 2. The van der Waals surface area contributed by atoms with Gasteiger partial charge in [-0.05, 0) is 57.3 Å². The first-order valence-corrected chi connectivity index (χ1v) is 8.29. The van der Waals surface area contributed by atoms with Crippen molar-refractivity contribution in [2.45, 2.75) is 57.5 Å². The van der Waals surface area contributed by atoms with Gasteiger partial charge in [0.15, 0.2) is 0 Å². The highest BCUT2D eigenvalue weighted by Gasteiger charge is 2.38. The quantitative estimate of drug-likeness (QED) is 0.626. The lowest BCUT2D eigenvalue weighted by Crippen LogP contribution is -2.62. The maximum atomic E-state index is 6.26. The zero-order valence-electron chi connectivity index (χ0n) is 13.1. The lowest BCUT2D eigenvalue weighted by atomic mass is 9.82. The minimum absolute atomic E-state index is 0.0434. The fraction of sp³-hybridized carbons (Fsp3) is 0.688. The van der Waals surface area contributed by atoms with Gasteiger partial charge >= 0.3 is 0 Å². The van der Waals surface area contributed by atoms with E-state index in [1.54, 1.807) is 12.4 Å². The molecular weight excluding hydrogens is 284 g/mol. The van der Waals surface area contributed by atoms with Crippen molar-refractivity contribution in [1.82, 2.24) is 15.3 Å². The lowest BCUT2D eigenvalue weighted by Gasteiger charge is -2.48. The van der Waals surface area contributed by atoms with Gasteiger partial charge < -0.3 is 0 Å². The number of halogens is 1. The molecule has 118 valence electrons. The summed E-state index contributed by atoms with van der Waals surface area (Å²) in [7, 11) is 0. The molecule has 1 aromatic rings. The molecule has 0 amide bonds. The molecule has 3 N–H and O–H groups in total. The summed E-state index contributed by atoms with van der Waals surface area (Å²) in [5.74, 6) is 5.90. The van der Waals surface area contributed by atoms with Crippen molar-refractivity contribution in [2.75, 3.05) is 13.1 Å². The van der Waals surface area contributed by atoms with Gasteiger partial charge in [-0.3, -0.25) is 21.2 Å². The normalized spacial score (nSPS) is 21.0. The molecule has 1 aromatic heterocycles. The van der Waals surface area contributed by atoms with Gasteiger partial charge in [0.1, 0.15) is 0 Å². The average molecular weight is 311 g/mol. The summed E-state index contributed by atoms with van der Waals surface area (Å²) < 4.78 is 0. The molecule has 2 atom stereocenters. The van der Waals surface area contributed by atoms with Crippen molar-refractivity contribution < 1.29 is 0 Å². The first-order valence-electron chi connectivity index (χ1n) is 7.91. The monoisotopic (exact) mass is 310 g/mol. The molecule has 1 aliphatic heterocycles. The van der Waals surface area contributed by atoms with E-state index in [0.717, 1.165) is 36.5 Å². The second-order valence-corrected chi connectivity index (χ2v) is 6.56. The lowest BCUT2D eigenvalue weighted by molar-refractivity contribution is 0.0429. The molecule has 0 aromatic carbocycles. The highest BCUT2D eigenvalue weighted by molar-refractivity contribution is 6.31. The van der Waals surface area contributed by atoms with Crippen molar-refractivity contribution in [3.8, 4) is 0 Å². The Labute approximate surface area is 133 Å². The maximum Gasteiger partial charge on any atom is 0.0621 e. The van der Waals surface area contributed by atoms with Crippen LogP contribution in [0.3, 0.4) is 0 Å². The Balaban J connectivity index is 2.18. The van der Waals surface area contributed by atoms with Crippen LogP contribution in [0.1, 0.15) is 45.1 Å². The van der Waals surface area contributed by atoms with E-state index >= 15 is 0 Å². The van der Waals surface area contributed by atoms with E-state index < -0.39 is 0 Å². The van der Waals surface area contributed by atoms with Gasteiger partial charge in [0.2, 0.25) is 0 Å². The molecule has 0 saturated carbocycles. The van der Waals surface area contributed by atoms with Crippen LogP contribution in [0.2, 0.25) is 5.02 Å². The van der Waals surface area contributed by atoms with Gasteiger partial charge in [-0.25, -0.2) is 0 Å². The number of pyridine rings is 1. The van der Waals surface area contributed by atoms with Crippen molar-refractivity contribution in [1.29, 1.82) is 0 Å². The molecule has 1 fully saturated rings. The number of hydrogen-bond donors (Lipinski definition) is 2. The number of piperidine rings is 1. The molecule has 4 nitrogen and oxygen atoms in total. The Kier molecular flexibility index (Phi) is 5.99. The van der Waals surface area contributed by atoms with Crippen LogP contribution in [-0.4, -0.2) is 34.6 Å². The number of nitrogens with one attached hydrogen (secondary N) is 1. The van der Waals surface area contributed by atoms with Gasteiger partial charge in [0.25, 0.3) is 0 Å². The zero-order valence-corrected chi connectivity index (χ0v) is 13.9. The van der Waals surface area contributed by atoms with Gasteiger partial charge in [-0.2, -0.15) is 0 Å². The molecule has 1 saturated heterocycles. The summed E-state index contributed by atoms with van der Waals surface area (Å²) >= 11 is 6.26. The Morgan fingerprint density at radius 1 is 1.43 bits per heavy atom. The predicted octanol–water partition coefficient (Wildman–Crippen LogP) is 2.76. The van der Waals surface area contributed by atoms with Crippen LogP contribution in [0.5, 0.6) is 0 Å². The smallest absolute Gasteiger partial charge is 0.0621 e. The van der Waals surface area contributed by atoms with E-state index in [1.807, 2.05) is 6.07 Å². The predicted molar refractivity (Wildman–Crippen MR) is 88.2 cm³/mol. The van der Waals surface area contributed by atoms with E-state index in [9.17, 15) is 0 Å². The van der Waals surface area contributed by atoms with Crippen LogP contribution in [0.4, 0.5) is 0 Å². The summed E-state index contributed by atoms with van der Waals surface area (Å²) in [5.41, 5.74) is 4.19. The van der Waals surface area contributed by atoms with Gasteiger partial charge in [0, 0.05) is 24.0 Å². The van der Waals surface area contributed by atoms with Crippen LogP contribution < -0.4 is 11.3 Å². The molecule has 2 unspecified atom stereocenters. The van der Waals surface area contributed by atoms with E-state index in [0.29, 0.717) is 0 Å². The minimum atomic E-state index is 0.0434. The standard InChI is InChI=1S/C16H27ClN4/c1-3-16(2,21-9-5-4-6-10-21)15(20-18)11-13-7-8-19-12-14(13)17/h7-8,12,15,20H,3-6,9-11,18H2,1-2H3. The zero-order chi connectivity index (χ0) is 15.3. The molecule has 0 radical (unpaired) electrons. The second-order valence-electron chi connectivity index (χ2n) is 6.15. The Morgan fingerprint density at radius 3 is 2.71 bits per heavy atom. The highest BCUT2D eigenvalue weighted by atomic mass is 35.5. The summed E-state index contributed by atoms with van der Waals surface area (Å²) in [4.78, 5) is 6.65. The molecule has 0 spiro atoms. The Morgan fingerprint density at radius 2 is 2.14 bits per heavy atom. The average Bonchev–Trinajstić information content (AvgIpc) is 2.54. The van der Waals surface area contributed by atoms with Crippen LogP contribution in [0, 0.1) is 0 Å². The second kappa shape index (κ2) is 7.54. The number of rotatable bonds is 6. The van der Waals surface area contributed by atoms with E-state index in [4.69, 9.17) is 17.4 Å². The largest absolute Gasteiger partial charge is 0.296 e. The van der Waals surface area contributed by atoms with Crippen LogP contribution >= 0.6 is 11.6 Å². The van der Waals surface area contributed by atoms with Crippen molar-refractivity contribution >= 4 is 11.6 Å². The third-order valence-electron chi connectivity index (χ3n) is 5.03. The number of aromatic nitrogens is 1. The molecule has 1 aliphatic rings. The Hall–Kier alpha value is -0.680. The Bertz CT molecular complexity index is 448. The summed E-state index contributed by atoms with van der Waals surface area (Å²) in [6, 6.07) is 2.15. The van der Waals surface area contributed by atoms with E-state index in [2.05, 4.69) is 29.2 Å². The van der Waals surface area contributed by atoms with Crippen molar-refractivity contribution in [2.24, 2.45) is 5.84 Å². The topological polar surface area (TPSA) is 54.2 Å². The summed E-state index contributed by atoms with van der Waals surface area (Å²) in [6.45, 7) is 6.88. The SMILES string of the molecule is CCC(C)(C(Cc1ccncc1Cl)NN)N1CCCCC1. The summed E-state index contributed by atoms with van der Waals surface area (Å²) in [6.07, 6.45) is 9.27. The van der Waals surface area contributed by atoms with Gasteiger partial charge in [-0.1, -0.05) is 24.9 Å². The first-order chi connectivity index (χ1) is 10.1. The van der Waals surface area contributed by atoms with Crippen LogP contribution in [0.25, 0.3) is 0 Å². The number of hydrogen-bond acceptors (Lipinski definition) is 4.